The number of nitro benzene ring substituents is 1. The molecule has 0 aromatic heterocycles. The van der Waals surface area contributed by atoms with Gasteiger partial charge in [-0.15, -0.1) is 0 Å². The average Bonchev–Trinajstić information content (AvgIpc) is 2.59. The fourth-order valence-electron chi connectivity index (χ4n) is 2.35. The van der Waals surface area contributed by atoms with Gasteiger partial charge in [-0.1, -0.05) is 37.3 Å². The summed E-state index contributed by atoms with van der Waals surface area (Å²) in [4.78, 5) is 22.5. The number of nitrogens with one attached hydrogen (secondary N) is 2. The van der Waals surface area contributed by atoms with Gasteiger partial charge >= 0.3 is 0 Å². The maximum atomic E-state index is 12.2. The fraction of sp³-hybridized carbons (Fsp3) is 0.278. The first-order valence-corrected chi connectivity index (χ1v) is 7.92. The van der Waals surface area contributed by atoms with Crippen LogP contribution in [0, 0.1) is 10.1 Å². The predicted octanol–water partition coefficient (Wildman–Crippen LogP) is 3.28. The summed E-state index contributed by atoms with van der Waals surface area (Å²) in [7, 11) is 0. The number of anilines is 1. The van der Waals surface area contributed by atoms with E-state index in [2.05, 4.69) is 10.6 Å². The molecular formula is C18H21N3O3. The molecule has 0 radical (unpaired) electrons. The third-order valence-corrected chi connectivity index (χ3v) is 3.62. The lowest BCUT2D eigenvalue weighted by molar-refractivity contribution is -0.384. The molecule has 0 heterocycles. The van der Waals surface area contributed by atoms with E-state index in [9.17, 15) is 14.9 Å². The van der Waals surface area contributed by atoms with E-state index in [0.717, 1.165) is 23.4 Å². The van der Waals surface area contributed by atoms with E-state index in [1.807, 2.05) is 31.2 Å². The number of aryl methyl sites for hydroxylation is 1. The maximum absolute atomic E-state index is 12.2. The Morgan fingerprint density at radius 3 is 2.71 bits per heavy atom. The van der Waals surface area contributed by atoms with Crippen molar-refractivity contribution in [3.63, 3.8) is 0 Å². The van der Waals surface area contributed by atoms with Crippen molar-refractivity contribution in [1.82, 2.24) is 5.32 Å². The van der Waals surface area contributed by atoms with Gasteiger partial charge in [0.25, 0.3) is 5.69 Å². The van der Waals surface area contributed by atoms with E-state index in [4.69, 9.17) is 0 Å². The average molecular weight is 327 g/mol. The lowest BCUT2D eigenvalue weighted by Gasteiger charge is -2.11. The smallest absolute Gasteiger partial charge is 0.269 e. The minimum atomic E-state index is -0.430. The molecule has 0 aliphatic rings. The van der Waals surface area contributed by atoms with Crippen LogP contribution < -0.4 is 10.6 Å². The van der Waals surface area contributed by atoms with Gasteiger partial charge in [-0.3, -0.25) is 14.9 Å². The van der Waals surface area contributed by atoms with E-state index in [0.29, 0.717) is 13.0 Å². The van der Waals surface area contributed by atoms with Crippen LogP contribution in [0.15, 0.2) is 48.5 Å². The second-order valence-corrected chi connectivity index (χ2v) is 5.41. The summed E-state index contributed by atoms with van der Waals surface area (Å²) in [6, 6.07) is 14.0. The quantitative estimate of drug-likeness (QED) is 0.575. The highest BCUT2D eigenvalue weighted by atomic mass is 16.6. The molecule has 126 valence electrons. The van der Waals surface area contributed by atoms with Gasteiger partial charge in [0.15, 0.2) is 0 Å². The van der Waals surface area contributed by atoms with Gasteiger partial charge in [-0.25, -0.2) is 0 Å². The second-order valence-electron chi connectivity index (χ2n) is 5.41. The van der Waals surface area contributed by atoms with Gasteiger partial charge in [-0.05, 0) is 30.2 Å². The van der Waals surface area contributed by atoms with Crippen LogP contribution in [0.3, 0.4) is 0 Å². The Kier molecular flexibility index (Phi) is 6.45. The number of hydrogen-bond acceptors (Lipinski definition) is 4. The molecule has 6 heteroatoms. The highest BCUT2D eigenvalue weighted by molar-refractivity contribution is 5.91. The molecule has 0 saturated heterocycles. The summed E-state index contributed by atoms with van der Waals surface area (Å²) in [6.07, 6.45) is 0.736. The van der Waals surface area contributed by atoms with Crippen molar-refractivity contribution >= 4 is 17.3 Å². The van der Waals surface area contributed by atoms with E-state index in [-0.39, 0.29) is 18.0 Å². The number of carbonyl (C=O) groups excluding carboxylic acids is 1. The molecule has 2 rings (SSSR count). The monoisotopic (exact) mass is 327 g/mol. The van der Waals surface area contributed by atoms with E-state index in [1.54, 1.807) is 12.1 Å². The van der Waals surface area contributed by atoms with Crippen molar-refractivity contribution in [2.45, 2.75) is 26.3 Å². The predicted molar refractivity (Wildman–Crippen MR) is 93.9 cm³/mol. The number of para-hydroxylation sites is 1. The Morgan fingerprint density at radius 2 is 1.96 bits per heavy atom. The zero-order valence-corrected chi connectivity index (χ0v) is 13.6. The summed E-state index contributed by atoms with van der Waals surface area (Å²) in [6.45, 7) is 3.58. The first kappa shape index (κ1) is 17.6. The summed E-state index contributed by atoms with van der Waals surface area (Å²) in [5.74, 6) is -0.106. The summed E-state index contributed by atoms with van der Waals surface area (Å²) in [5, 5.41) is 16.9. The van der Waals surface area contributed by atoms with Crippen molar-refractivity contribution in [1.29, 1.82) is 0 Å². The first-order chi connectivity index (χ1) is 11.6. The fourth-order valence-corrected chi connectivity index (χ4v) is 2.35. The Balaban J connectivity index is 1.94. The van der Waals surface area contributed by atoms with Gasteiger partial charge in [0.05, 0.1) is 4.92 Å². The van der Waals surface area contributed by atoms with Gasteiger partial charge in [0, 0.05) is 30.8 Å². The minimum absolute atomic E-state index is 0.0453. The van der Waals surface area contributed by atoms with Crippen molar-refractivity contribution in [2.75, 3.05) is 11.9 Å². The van der Waals surface area contributed by atoms with Crippen molar-refractivity contribution in [3.8, 4) is 0 Å². The molecule has 0 bridgehead atoms. The largest absolute Gasteiger partial charge is 0.326 e. The van der Waals surface area contributed by atoms with Crippen LogP contribution in [0.5, 0.6) is 0 Å². The normalized spacial score (nSPS) is 10.4. The van der Waals surface area contributed by atoms with Gasteiger partial charge in [0.2, 0.25) is 5.91 Å². The summed E-state index contributed by atoms with van der Waals surface area (Å²) < 4.78 is 0. The molecule has 2 aromatic rings. The Hall–Kier alpha value is -2.73. The molecule has 0 aliphatic heterocycles. The third kappa shape index (κ3) is 5.17. The number of nitro groups is 1. The third-order valence-electron chi connectivity index (χ3n) is 3.62. The zero-order chi connectivity index (χ0) is 17.4. The molecule has 0 atom stereocenters. The molecule has 0 unspecified atom stereocenters. The molecule has 2 N–H and O–H groups in total. The number of non-ortho nitro benzene ring substituents is 1. The van der Waals surface area contributed by atoms with Crippen molar-refractivity contribution in [2.24, 2.45) is 0 Å². The van der Waals surface area contributed by atoms with E-state index in [1.165, 1.54) is 12.1 Å². The van der Waals surface area contributed by atoms with Crippen LogP contribution in [0.4, 0.5) is 11.4 Å². The SMILES string of the molecule is CCNCc1ccccc1NC(=O)CCc1cccc([N+](=O)[O-])c1. The molecular weight excluding hydrogens is 306 g/mol. The molecule has 24 heavy (non-hydrogen) atoms. The van der Waals surface area contributed by atoms with Gasteiger partial charge in [-0.2, -0.15) is 0 Å². The van der Waals surface area contributed by atoms with Crippen molar-refractivity contribution in [3.05, 3.63) is 69.8 Å². The zero-order valence-electron chi connectivity index (χ0n) is 13.6. The van der Waals surface area contributed by atoms with Crippen LogP contribution in [0.1, 0.15) is 24.5 Å². The topological polar surface area (TPSA) is 84.3 Å². The molecule has 6 nitrogen and oxygen atoms in total. The van der Waals surface area contributed by atoms with Gasteiger partial charge < -0.3 is 10.6 Å². The lowest BCUT2D eigenvalue weighted by atomic mass is 10.1. The second kappa shape index (κ2) is 8.79. The van der Waals surface area contributed by atoms with Crippen LogP contribution in [0.2, 0.25) is 0 Å². The standard InChI is InChI=1S/C18H21N3O3/c1-2-19-13-15-7-3-4-9-17(15)20-18(22)11-10-14-6-5-8-16(12-14)21(23)24/h3-9,12,19H,2,10-11,13H2,1H3,(H,20,22). The van der Waals surface area contributed by atoms with E-state index < -0.39 is 4.92 Å². The molecule has 0 aliphatic carbocycles. The Morgan fingerprint density at radius 1 is 1.17 bits per heavy atom. The number of rotatable bonds is 8. The van der Waals surface area contributed by atoms with Crippen molar-refractivity contribution < 1.29 is 9.72 Å². The van der Waals surface area contributed by atoms with Crippen LogP contribution in [-0.4, -0.2) is 17.4 Å². The van der Waals surface area contributed by atoms with Crippen LogP contribution >= 0.6 is 0 Å². The maximum Gasteiger partial charge on any atom is 0.269 e. The Labute approximate surface area is 141 Å². The number of carbonyl (C=O) groups is 1. The molecule has 1 amide bonds. The molecule has 0 fully saturated rings. The minimum Gasteiger partial charge on any atom is -0.326 e. The number of benzene rings is 2. The molecule has 0 saturated carbocycles. The highest BCUT2D eigenvalue weighted by Gasteiger charge is 2.09. The number of hydrogen-bond donors (Lipinski definition) is 2. The van der Waals surface area contributed by atoms with E-state index >= 15 is 0 Å². The van der Waals surface area contributed by atoms with Gasteiger partial charge in [0.1, 0.15) is 0 Å². The lowest BCUT2D eigenvalue weighted by Crippen LogP contribution is -2.17. The van der Waals surface area contributed by atoms with Crippen LogP contribution in [-0.2, 0) is 17.8 Å². The number of amides is 1. The summed E-state index contributed by atoms with van der Waals surface area (Å²) in [5.41, 5.74) is 2.65. The molecule has 2 aromatic carbocycles. The number of nitrogens with zero attached hydrogens (tertiary/aromatic N) is 1. The Bertz CT molecular complexity index is 716. The highest BCUT2D eigenvalue weighted by Crippen LogP contribution is 2.17. The first-order valence-electron chi connectivity index (χ1n) is 7.92. The molecule has 0 spiro atoms. The van der Waals surface area contributed by atoms with Crippen LogP contribution in [0.25, 0.3) is 0 Å². The summed E-state index contributed by atoms with van der Waals surface area (Å²) >= 11 is 0.